The highest BCUT2D eigenvalue weighted by Crippen LogP contribution is 2.48. The normalized spacial score (nSPS) is 11.4. The molecule has 0 N–H and O–H groups in total. The van der Waals surface area contributed by atoms with E-state index in [1.807, 2.05) is 60.7 Å². The molecule has 0 saturated heterocycles. The molecule has 9 aromatic rings. The molecule has 0 unspecified atom stereocenters. The SMILES string of the molecule is c1ccc(-c2ccc(N(c3ccc(-c4ccccc4)cc3)c3c4oc(-c5ccccc5)nc4cc4oc5ccccc5c34)cc2)cc1. The Hall–Kier alpha value is -6.39. The molecule has 4 nitrogen and oxygen atoms in total. The Kier molecular flexibility index (Phi) is 6.43. The van der Waals surface area contributed by atoms with Gasteiger partial charge in [0, 0.05) is 28.4 Å². The second kappa shape index (κ2) is 11.2. The van der Waals surface area contributed by atoms with Gasteiger partial charge < -0.3 is 13.7 Å². The first-order valence-corrected chi connectivity index (χ1v) is 15.7. The summed E-state index contributed by atoms with van der Waals surface area (Å²) in [5, 5.41) is 1.99. The Balaban J connectivity index is 1.32. The van der Waals surface area contributed by atoms with E-state index in [0.29, 0.717) is 11.5 Å². The van der Waals surface area contributed by atoms with E-state index in [-0.39, 0.29) is 0 Å². The molecule has 0 amide bonds. The Morgan fingerprint density at radius 1 is 0.426 bits per heavy atom. The van der Waals surface area contributed by atoms with Crippen molar-refractivity contribution in [3.05, 3.63) is 170 Å². The summed E-state index contributed by atoms with van der Waals surface area (Å²) >= 11 is 0. The van der Waals surface area contributed by atoms with Gasteiger partial charge >= 0.3 is 0 Å². The highest BCUT2D eigenvalue weighted by molar-refractivity contribution is 6.20. The fourth-order valence-electron chi connectivity index (χ4n) is 6.44. The topological polar surface area (TPSA) is 42.4 Å². The third kappa shape index (κ3) is 4.75. The summed E-state index contributed by atoms with van der Waals surface area (Å²) < 4.78 is 13.2. The third-order valence-corrected chi connectivity index (χ3v) is 8.71. The second-order valence-electron chi connectivity index (χ2n) is 11.6. The van der Waals surface area contributed by atoms with Gasteiger partial charge in [-0.2, -0.15) is 0 Å². The first-order chi connectivity index (χ1) is 23.3. The van der Waals surface area contributed by atoms with E-state index in [4.69, 9.17) is 13.8 Å². The molecule has 0 aliphatic heterocycles. The second-order valence-corrected chi connectivity index (χ2v) is 11.6. The van der Waals surface area contributed by atoms with Crippen molar-refractivity contribution in [1.82, 2.24) is 4.98 Å². The number of fused-ring (bicyclic) bond motifs is 4. The Morgan fingerprint density at radius 3 is 1.49 bits per heavy atom. The van der Waals surface area contributed by atoms with E-state index in [0.717, 1.165) is 61.2 Å². The van der Waals surface area contributed by atoms with Crippen LogP contribution >= 0.6 is 0 Å². The lowest BCUT2D eigenvalue weighted by Gasteiger charge is -2.26. The summed E-state index contributed by atoms with van der Waals surface area (Å²) in [5.41, 5.74) is 11.4. The minimum Gasteiger partial charge on any atom is -0.456 e. The number of nitrogens with zero attached hydrogens (tertiary/aromatic N) is 2. The fraction of sp³-hybridized carbons (Fsp3) is 0. The van der Waals surface area contributed by atoms with E-state index in [9.17, 15) is 0 Å². The van der Waals surface area contributed by atoms with Crippen molar-refractivity contribution in [1.29, 1.82) is 0 Å². The van der Waals surface area contributed by atoms with E-state index < -0.39 is 0 Å². The number of oxazole rings is 1. The lowest BCUT2D eigenvalue weighted by atomic mass is 10.0. The number of rotatable bonds is 6. The molecule has 0 aliphatic carbocycles. The summed E-state index contributed by atoms with van der Waals surface area (Å²) in [6.45, 7) is 0. The molecule has 222 valence electrons. The van der Waals surface area contributed by atoms with Crippen LogP contribution < -0.4 is 4.90 Å². The summed E-state index contributed by atoms with van der Waals surface area (Å²) in [6, 6.07) is 58.5. The van der Waals surface area contributed by atoms with Gasteiger partial charge in [-0.15, -0.1) is 0 Å². The predicted molar refractivity (Wildman–Crippen MR) is 192 cm³/mol. The molecular weight excluding hydrogens is 576 g/mol. The van der Waals surface area contributed by atoms with Gasteiger partial charge in [-0.25, -0.2) is 4.98 Å². The minimum atomic E-state index is 0.567. The quantitative estimate of drug-likeness (QED) is 0.189. The summed E-state index contributed by atoms with van der Waals surface area (Å²) in [5.74, 6) is 0.567. The maximum Gasteiger partial charge on any atom is 0.227 e. The molecule has 0 atom stereocenters. The van der Waals surface area contributed by atoms with E-state index in [1.165, 1.54) is 11.1 Å². The molecule has 2 aromatic heterocycles. The van der Waals surface area contributed by atoms with Gasteiger partial charge in [0.05, 0.1) is 5.39 Å². The van der Waals surface area contributed by atoms with Gasteiger partial charge in [0.2, 0.25) is 5.89 Å². The Bertz CT molecular complexity index is 2400. The van der Waals surface area contributed by atoms with Gasteiger partial charge in [0.15, 0.2) is 5.58 Å². The number of anilines is 3. The molecular formula is C43H28N2O2. The van der Waals surface area contributed by atoms with Crippen LogP contribution in [0, 0.1) is 0 Å². The van der Waals surface area contributed by atoms with Crippen LogP contribution in [-0.4, -0.2) is 4.98 Å². The molecule has 47 heavy (non-hydrogen) atoms. The van der Waals surface area contributed by atoms with Gasteiger partial charge in [0.1, 0.15) is 22.4 Å². The fourth-order valence-corrected chi connectivity index (χ4v) is 6.44. The molecule has 0 spiro atoms. The molecule has 0 radical (unpaired) electrons. The van der Waals surface area contributed by atoms with Crippen molar-refractivity contribution < 1.29 is 8.83 Å². The average Bonchev–Trinajstić information content (AvgIpc) is 3.75. The Morgan fingerprint density at radius 2 is 0.915 bits per heavy atom. The van der Waals surface area contributed by atoms with Crippen LogP contribution in [0.2, 0.25) is 0 Å². The molecule has 2 heterocycles. The summed E-state index contributed by atoms with van der Waals surface area (Å²) in [6.07, 6.45) is 0. The number of aromatic nitrogens is 1. The zero-order chi connectivity index (χ0) is 31.2. The maximum atomic E-state index is 6.73. The molecule has 0 saturated carbocycles. The van der Waals surface area contributed by atoms with Crippen LogP contribution in [0.15, 0.2) is 179 Å². The average molecular weight is 605 g/mol. The first-order valence-electron chi connectivity index (χ1n) is 15.7. The van der Waals surface area contributed by atoms with Gasteiger partial charge in [0.25, 0.3) is 0 Å². The van der Waals surface area contributed by atoms with Crippen LogP contribution in [0.25, 0.3) is 66.7 Å². The predicted octanol–water partition coefficient (Wildman–Crippen LogP) is 12.2. The third-order valence-electron chi connectivity index (χ3n) is 8.71. The lowest BCUT2D eigenvalue weighted by Crippen LogP contribution is -2.10. The van der Waals surface area contributed by atoms with Crippen molar-refractivity contribution in [2.75, 3.05) is 4.90 Å². The monoisotopic (exact) mass is 604 g/mol. The van der Waals surface area contributed by atoms with Crippen molar-refractivity contribution in [2.45, 2.75) is 0 Å². The summed E-state index contributed by atoms with van der Waals surface area (Å²) in [7, 11) is 0. The zero-order valence-electron chi connectivity index (χ0n) is 25.4. The first kappa shape index (κ1) is 27.0. The number of para-hydroxylation sites is 1. The molecule has 9 rings (SSSR count). The smallest absolute Gasteiger partial charge is 0.227 e. The van der Waals surface area contributed by atoms with Crippen molar-refractivity contribution in [3.8, 4) is 33.7 Å². The van der Waals surface area contributed by atoms with Crippen molar-refractivity contribution in [2.24, 2.45) is 0 Å². The van der Waals surface area contributed by atoms with Crippen LogP contribution in [-0.2, 0) is 0 Å². The molecule has 4 heteroatoms. The molecule has 0 bridgehead atoms. The van der Waals surface area contributed by atoms with Crippen LogP contribution in [0.4, 0.5) is 17.1 Å². The number of furan rings is 1. The largest absolute Gasteiger partial charge is 0.456 e. The van der Waals surface area contributed by atoms with E-state index in [1.54, 1.807) is 0 Å². The molecule has 0 aliphatic rings. The Labute approximate surface area is 271 Å². The van der Waals surface area contributed by atoms with Crippen LogP contribution in [0.1, 0.15) is 0 Å². The van der Waals surface area contributed by atoms with Gasteiger partial charge in [-0.05, 0) is 64.7 Å². The summed E-state index contributed by atoms with van der Waals surface area (Å²) in [4.78, 5) is 7.26. The van der Waals surface area contributed by atoms with Gasteiger partial charge in [-0.1, -0.05) is 121 Å². The highest BCUT2D eigenvalue weighted by atomic mass is 16.4. The maximum absolute atomic E-state index is 6.73. The number of hydrogen-bond donors (Lipinski definition) is 0. The highest BCUT2D eigenvalue weighted by Gasteiger charge is 2.26. The number of benzene rings is 7. The lowest BCUT2D eigenvalue weighted by molar-refractivity contribution is 0.620. The molecule has 7 aromatic carbocycles. The minimum absolute atomic E-state index is 0.567. The van der Waals surface area contributed by atoms with Crippen molar-refractivity contribution in [3.63, 3.8) is 0 Å². The standard InChI is InChI=1S/C43H28N2O2/c1-4-12-29(13-5-1)31-20-24-34(25-21-31)45(35-26-22-32(23-27-35)30-14-6-2-7-15-30)41-40-36-18-10-11-19-38(36)46-39(40)28-37-42(41)47-43(44-37)33-16-8-3-9-17-33/h1-28H. The van der Waals surface area contributed by atoms with Crippen molar-refractivity contribution >= 4 is 50.1 Å². The van der Waals surface area contributed by atoms with Gasteiger partial charge in [-0.3, -0.25) is 0 Å². The molecule has 0 fully saturated rings. The zero-order valence-corrected chi connectivity index (χ0v) is 25.4. The van der Waals surface area contributed by atoms with E-state index >= 15 is 0 Å². The van der Waals surface area contributed by atoms with Crippen LogP contribution in [0.3, 0.4) is 0 Å². The number of hydrogen-bond acceptors (Lipinski definition) is 4. The van der Waals surface area contributed by atoms with Crippen LogP contribution in [0.5, 0.6) is 0 Å². The van der Waals surface area contributed by atoms with E-state index in [2.05, 4.69) is 114 Å².